The maximum Gasteiger partial charge on any atom is 0.118 e. The van der Waals surface area contributed by atoms with Crippen LogP contribution in [0.4, 0.5) is 0 Å². The molecular formula is C11H15NOS2. The maximum atomic E-state index is 5.12. The third kappa shape index (κ3) is 3.33. The second-order valence-electron chi connectivity index (χ2n) is 3.30. The second kappa shape index (κ2) is 5.68. The van der Waals surface area contributed by atoms with Crippen molar-refractivity contribution in [2.45, 2.75) is 10.3 Å². The van der Waals surface area contributed by atoms with Gasteiger partial charge in [0.15, 0.2) is 0 Å². The van der Waals surface area contributed by atoms with E-state index in [9.17, 15) is 0 Å². The van der Waals surface area contributed by atoms with Gasteiger partial charge in [-0.05, 0) is 24.3 Å². The van der Waals surface area contributed by atoms with Gasteiger partial charge in [-0.15, -0.1) is 23.5 Å². The monoisotopic (exact) mass is 241 g/mol. The molecule has 0 amide bonds. The van der Waals surface area contributed by atoms with Crippen molar-refractivity contribution in [1.82, 2.24) is 5.32 Å². The molecule has 1 aromatic carbocycles. The summed E-state index contributed by atoms with van der Waals surface area (Å²) in [5.74, 6) is 3.30. The first-order chi connectivity index (χ1) is 7.38. The van der Waals surface area contributed by atoms with Crippen molar-refractivity contribution in [3.63, 3.8) is 0 Å². The van der Waals surface area contributed by atoms with Gasteiger partial charge in [0.2, 0.25) is 0 Å². The summed E-state index contributed by atoms with van der Waals surface area (Å²) < 4.78 is 5.12. The fourth-order valence-corrected chi connectivity index (χ4v) is 3.57. The number of benzene rings is 1. The molecule has 2 nitrogen and oxygen atoms in total. The van der Waals surface area contributed by atoms with Crippen molar-refractivity contribution in [1.29, 1.82) is 0 Å². The lowest BCUT2D eigenvalue weighted by atomic mass is 10.3. The Balaban J connectivity index is 1.82. The molecule has 0 spiro atoms. The molecule has 0 aliphatic carbocycles. The fraction of sp³-hybridized carbons (Fsp3) is 0.455. The maximum absolute atomic E-state index is 5.12. The van der Waals surface area contributed by atoms with Crippen LogP contribution >= 0.6 is 23.5 Å². The van der Waals surface area contributed by atoms with Gasteiger partial charge in [0, 0.05) is 22.9 Å². The van der Waals surface area contributed by atoms with E-state index in [1.165, 1.54) is 10.6 Å². The van der Waals surface area contributed by atoms with Crippen LogP contribution in [0.3, 0.4) is 0 Å². The molecule has 15 heavy (non-hydrogen) atoms. The van der Waals surface area contributed by atoms with Crippen LogP contribution in [-0.4, -0.2) is 30.5 Å². The molecule has 1 aliphatic rings. The minimum absolute atomic E-state index is 0.622. The second-order valence-corrected chi connectivity index (χ2v) is 5.70. The normalized spacial score (nSPS) is 20.5. The zero-order valence-electron chi connectivity index (χ0n) is 8.73. The molecule has 1 aromatic rings. The molecule has 0 saturated carbocycles. The summed E-state index contributed by atoms with van der Waals surface area (Å²) in [6, 6.07) is 8.25. The zero-order chi connectivity index (χ0) is 10.5. The van der Waals surface area contributed by atoms with E-state index in [1.54, 1.807) is 7.11 Å². The molecular weight excluding hydrogens is 226 g/mol. The van der Waals surface area contributed by atoms with Crippen LogP contribution < -0.4 is 10.1 Å². The molecule has 0 radical (unpaired) electrons. The van der Waals surface area contributed by atoms with Gasteiger partial charge in [-0.3, -0.25) is 0 Å². The average Bonchev–Trinajstić information content (AvgIpc) is 2.80. The number of methoxy groups -OCH3 is 1. The van der Waals surface area contributed by atoms with Crippen molar-refractivity contribution in [3.8, 4) is 5.75 Å². The van der Waals surface area contributed by atoms with Gasteiger partial charge in [-0.25, -0.2) is 0 Å². The van der Waals surface area contributed by atoms with Gasteiger partial charge >= 0.3 is 0 Å². The van der Waals surface area contributed by atoms with Gasteiger partial charge in [0.05, 0.1) is 12.5 Å². The Labute approximate surface area is 99.2 Å². The lowest BCUT2D eigenvalue weighted by Crippen LogP contribution is -2.21. The summed E-state index contributed by atoms with van der Waals surface area (Å²) in [5, 5.41) is 4.09. The Morgan fingerprint density at radius 2 is 2.27 bits per heavy atom. The molecule has 1 aliphatic heterocycles. The van der Waals surface area contributed by atoms with Crippen LogP contribution in [-0.2, 0) is 0 Å². The molecule has 1 fully saturated rings. The van der Waals surface area contributed by atoms with Crippen LogP contribution in [0.1, 0.15) is 0 Å². The highest BCUT2D eigenvalue weighted by Crippen LogP contribution is 2.25. The molecule has 4 heteroatoms. The van der Waals surface area contributed by atoms with Crippen LogP contribution in [0.5, 0.6) is 5.75 Å². The SMILES string of the molecule is COc1ccc(SCC2NCCS2)cc1. The summed E-state index contributed by atoms with van der Waals surface area (Å²) in [4.78, 5) is 1.31. The van der Waals surface area contributed by atoms with Crippen LogP contribution in [0.15, 0.2) is 29.2 Å². The predicted molar refractivity (Wildman–Crippen MR) is 68.0 cm³/mol. The van der Waals surface area contributed by atoms with E-state index in [2.05, 4.69) is 17.4 Å². The Bertz CT molecular complexity index is 296. The van der Waals surface area contributed by atoms with Crippen molar-refractivity contribution in [3.05, 3.63) is 24.3 Å². The van der Waals surface area contributed by atoms with Crippen molar-refractivity contribution in [2.24, 2.45) is 0 Å². The Kier molecular flexibility index (Phi) is 4.23. The van der Waals surface area contributed by atoms with Crippen molar-refractivity contribution < 1.29 is 4.74 Å². The highest BCUT2D eigenvalue weighted by atomic mass is 32.2. The highest BCUT2D eigenvalue weighted by Gasteiger charge is 2.14. The zero-order valence-corrected chi connectivity index (χ0v) is 10.4. The topological polar surface area (TPSA) is 21.3 Å². The highest BCUT2D eigenvalue weighted by molar-refractivity contribution is 8.03. The number of rotatable bonds is 4. The van der Waals surface area contributed by atoms with Crippen molar-refractivity contribution >= 4 is 23.5 Å². The van der Waals surface area contributed by atoms with Gasteiger partial charge in [0.1, 0.15) is 5.75 Å². The van der Waals surface area contributed by atoms with Gasteiger partial charge < -0.3 is 10.1 Å². The van der Waals surface area contributed by atoms with Crippen LogP contribution in [0.2, 0.25) is 0 Å². The first kappa shape index (κ1) is 11.2. The molecule has 82 valence electrons. The van der Waals surface area contributed by atoms with E-state index in [0.717, 1.165) is 18.0 Å². The fourth-order valence-electron chi connectivity index (χ4n) is 1.43. The molecule has 1 N–H and O–H groups in total. The lowest BCUT2D eigenvalue weighted by Gasteiger charge is -2.08. The minimum atomic E-state index is 0.622. The quantitative estimate of drug-likeness (QED) is 0.817. The first-order valence-corrected chi connectivity index (χ1v) is 7.04. The third-order valence-electron chi connectivity index (χ3n) is 2.25. The summed E-state index contributed by atoms with van der Waals surface area (Å²) in [7, 11) is 1.70. The number of hydrogen-bond acceptors (Lipinski definition) is 4. The first-order valence-electron chi connectivity index (χ1n) is 5.00. The standard InChI is InChI=1S/C11H15NOS2/c1-13-9-2-4-10(5-3-9)15-8-11-12-6-7-14-11/h2-5,11-12H,6-8H2,1H3. The minimum Gasteiger partial charge on any atom is -0.497 e. The number of nitrogens with one attached hydrogen (secondary N) is 1. The number of thioether (sulfide) groups is 2. The van der Waals surface area contributed by atoms with Gasteiger partial charge in [-0.2, -0.15) is 0 Å². The summed E-state index contributed by atoms with van der Waals surface area (Å²) in [5.41, 5.74) is 0. The van der Waals surface area contributed by atoms with Crippen LogP contribution in [0, 0.1) is 0 Å². The van der Waals surface area contributed by atoms with Crippen LogP contribution in [0.25, 0.3) is 0 Å². The Hall–Kier alpha value is -0.320. The predicted octanol–water partition coefficient (Wildman–Crippen LogP) is 2.45. The Morgan fingerprint density at radius 1 is 1.47 bits per heavy atom. The van der Waals surface area contributed by atoms with Crippen molar-refractivity contribution in [2.75, 3.05) is 25.2 Å². The van der Waals surface area contributed by atoms with E-state index in [4.69, 9.17) is 4.74 Å². The van der Waals surface area contributed by atoms with E-state index in [1.807, 2.05) is 35.7 Å². The van der Waals surface area contributed by atoms with Gasteiger partial charge in [-0.1, -0.05) is 0 Å². The summed E-state index contributed by atoms with van der Waals surface area (Å²) in [6.45, 7) is 1.15. The van der Waals surface area contributed by atoms with E-state index in [-0.39, 0.29) is 0 Å². The molecule has 2 rings (SSSR count). The number of hydrogen-bond donors (Lipinski definition) is 1. The summed E-state index contributed by atoms with van der Waals surface area (Å²) in [6.07, 6.45) is 0. The average molecular weight is 241 g/mol. The summed E-state index contributed by atoms with van der Waals surface area (Å²) >= 11 is 3.91. The van der Waals surface area contributed by atoms with E-state index >= 15 is 0 Å². The third-order valence-corrected chi connectivity index (χ3v) is 4.75. The largest absolute Gasteiger partial charge is 0.497 e. The molecule has 1 heterocycles. The molecule has 0 aromatic heterocycles. The smallest absolute Gasteiger partial charge is 0.118 e. The van der Waals surface area contributed by atoms with E-state index < -0.39 is 0 Å². The number of ether oxygens (including phenoxy) is 1. The van der Waals surface area contributed by atoms with Gasteiger partial charge in [0.25, 0.3) is 0 Å². The lowest BCUT2D eigenvalue weighted by molar-refractivity contribution is 0.414. The van der Waals surface area contributed by atoms with E-state index in [0.29, 0.717) is 5.37 Å². The molecule has 1 unspecified atom stereocenters. The Morgan fingerprint density at radius 3 is 2.87 bits per heavy atom. The molecule has 0 bridgehead atoms. The molecule has 1 atom stereocenters. The molecule has 1 saturated heterocycles.